The summed E-state index contributed by atoms with van der Waals surface area (Å²) in [6.07, 6.45) is 1.55. The second-order valence-corrected chi connectivity index (χ2v) is 5.03. The minimum absolute atomic E-state index is 0.0414. The van der Waals surface area contributed by atoms with E-state index in [4.69, 9.17) is 16.3 Å². The summed E-state index contributed by atoms with van der Waals surface area (Å²) in [6.45, 7) is 1.09. The van der Waals surface area contributed by atoms with Crippen LogP contribution in [0.15, 0.2) is 30.5 Å². The summed E-state index contributed by atoms with van der Waals surface area (Å²) in [5.41, 5.74) is 0.651. The number of carbonyl (C=O) groups is 1. The molecule has 0 spiro atoms. The van der Waals surface area contributed by atoms with Gasteiger partial charge in [0.1, 0.15) is 12.4 Å². The van der Waals surface area contributed by atoms with E-state index in [-0.39, 0.29) is 11.5 Å². The fraction of sp³-hybridized carbons (Fsp3) is 0.286. The van der Waals surface area contributed by atoms with Gasteiger partial charge in [-0.25, -0.2) is 9.07 Å². The highest BCUT2D eigenvalue weighted by molar-refractivity contribution is 6.67. The lowest BCUT2D eigenvalue weighted by Gasteiger charge is -2.09. The Morgan fingerprint density at radius 1 is 1.38 bits per heavy atom. The maximum Gasteiger partial charge on any atom is 0.276 e. The van der Waals surface area contributed by atoms with Gasteiger partial charge in [-0.3, -0.25) is 4.79 Å². The van der Waals surface area contributed by atoms with E-state index in [1.165, 1.54) is 16.8 Å². The molecule has 0 atom stereocenters. The molecule has 0 radical (unpaired) electrons. The molecule has 0 bridgehead atoms. The first-order valence-corrected chi connectivity index (χ1v) is 6.68. The fourth-order valence-electron chi connectivity index (χ4n) is 1.66. The maximum absolute atomic E-state index is 12.9. The largest absolute Gasteiger partial charge is 0.488 e. The Hall–Kier alpha value is -1.92. The van der Waals surface area contributed by atoms with Gasteiger partial charge in [-0.05, 0) is 50.0 Å². The van der Waals surface area contributed by atoms with E-state index in [2.05, 4.69) is 5.10 Å². The van der Waals surface area contributed by atoms with Crippen molar-refractivity contribution >= 4 is 16.8 Å². The lowest BCUT2D eigenvalue weighted by molar-refractivity contribution is 0.107. The van der Waals surface area contributed by atoms with Gasteiger partial charge >= 0.3 is 0 Å². The molecule has 0 aliphatic rings. The number of rotatable bonds is 6. The molecule has 1 aromatic carbocycles. The summed E-state index contributed by atoms with van der Waals surface area (Å²) in [6, 6.07) is 5.72. The van der Waals surface area contributed by atoms with Crippen LogP contribution in [0.4, 0.5) is 4.39 Å². The Balaban J connectivity index is 2.24. The lowest BCUT2D eigenvalue weighted by Crippen LogP contribution is -2.19. The van der Waals surface area contributed by atoms with Crippen LogP contribution in [0.1, 0.15) is 10.5 Å². The summed E-state index contributed by atoms with van der Waals surface area (Å²) in [7, 11) is 3.83. The summed E-state index contributed by atoms with van der Waals surface area (Å²) < 4.78 is 19.9. The smallest absolute Gasteiger partial charge is 0.276 e. The lowest BCUT2D eigenvalue weighted by atomic mass is 10.3. The Kier molecular flexibility index (Phi) is 4.93. The number of nitrogens with zero attached hydrogens (tertiary/aromatic N) is 3. The van der Waals surface area contributed by atoms with E-state index >= 15 is 0 Å². The number of aromatic nitrogens is 2. The minimum atomic E-state index is -0.698. The molecule has 0 unspecified atom stereocenters. The highest BCUT2D eigenvalue weighted by Gasteiger charge is 2.17. The number of hydrogen-bond donors (Lipinski definition) is 0. The van der Waals surface area contributed by atoms with Crippen molar-refractivity contribution in [3.63, 3.8) is 0 Å². The highest BCUT2D eigenvalue weighted by Crippen LogP contribution is 2.21. The SMILES string of the molecule is CN(C)CCOc1cn(-c2ccc(F)cc2)nc1C(=O)Cl. The molecule has 112 valence electrons. The molecule has 0 saturated carbocycles. The fourth-order valence-corrected chi connectivity index (χ4v) is 1.80. The van der Waals surface area contributed by atoms with Crippen molar-refractivity contribution in [2.45, 2.75) is 0 Å². The van der Waals surface area contributed by atoms with Crippen molar-refractivity contribution in [2.75, 3.05) is 27.2 Å². The number of ether oxygens (including phenoxy) is 1. The zero-order chi connectivity index (χ0) is 15.4. The summed E-state index contributed by atoms with van der Waals surface area (Å²) >= 11 is 5.51. The average Bonchev–Trinajstić information content (AvgIpc) is 2.83. The standard InChI is InChI=1S/C14H15ClFN3O2/c1-18(2)7-8-21-12-9-19(17-13(12)14(15)20)11-5-3-10(16)4-6-11/h3-6,9H,7-8H2,1-2H3. The van der Waals surface area contributed by atoms with Crippen molar-refractivity contribution < 1.29 is 13.9 Å². The average molecular weight is 312 g/mol. The predicted octanol–water partition coefficient (Wildman–Crippen LogP) is 2.33. The first kappa shape index (κ1) is 15.5. The third kappa shape index (κ3) is 4.03. The summed E-state index contributed by atoms with van der Waals surface area (Å²) in [5.74, 6) is -0.0387. The van der Waals surface area contributed by atoms with Crippen molar-refractivity contribution in [1.29, 1.82) is 0 Å². The molecule has 0 fully saturated rings. The molecule has 1 heterocycles. The highest BCUT2D eigenvalue weighted by atomic mass is 35.5. The normalized spacial score (nSPS) is 10.9. The molecule has 7 heteroatoms. The van der Waals surface area contributed by atoms with Crippen LogP contribution < -0.4 is 4.74 Å². The Morgan fingerprint density at radius 3 is 2.62 bits per heavy atom. The van der Waals surface area contributed by atoms with Crippen LogP contribution in [-0.4, -0.2) is 47.2 Å². The van der Waals surface area contributed by atoms with Crippen molar-refractivity contribution in [2.24, 2.45) is 0 Å². The third-order valence-corrected chi connectivity index (χ3v) is 2.93. The molecule has 21 heavy (non-hydrogen) atoms. The van der Waals surface area contributed by atoms with Gasteiger partial charge in [0.15, 0.2) is 11.4 Å². The molecule has 0 amide bonds. The van der Waals surface area contributed by atoms with Crippen LogP contribution in [0.25, 0.3) is 5.69 Å². The molecule has 1 aromatic heterocycles. The van der Waals surface area contributed by atoms with Crippen molar-refractivity contribution in [3.8, 4) is 11.4 Å². The van der Waals surface area contributed by atoms with Crippen LogP contribution in [0.3, 0.4) is 0 Å². The molecule has 0 N–H and O–H groups in total. The van der Waals surface area contributed by atoms with E-state index in [9.17, 15) is 9.18 Å². The molecule has 5 nitrogen and oxygen atoms in total. The second kappa shape index (κ2) is 6.69. The molecule has 0 saturated heterocycles. The van der Waals surface area contributed by atoms with Gasteiger partial charge in [-0.1, -0.05) is 0 Å². The van der Waals surface area contributed by atoms with Crippen molar-refractivity contribution in [1.82, 2.24) is 14.7 Å². The van der Waals surface area contributed by atoms with E-state index in [0.29, 0.717) is 24.6 Å². The third-order valence-electron chi connectivity index (χ3n) is 2.75. The number of hydrogen-bond acceptors (Lipinski definition) is 4. The monoisotopic (exact) mass is 311 g/mol. The first-order valence-electron chi connectivity index (χ1n) is 6.30. The molecule has 2 aromatic rings. The Bertz CT molecular complexity index is 626. The molecular weight excluding hydrogens is 297 g/mol. The molecule has 0 aliphatic heterocycles. The number of benzene rings is 1. The van der Waals surface area contributed by atoms with Crippen LogP contribution in [0.2, 0.25) is 0 Å². The van der Waals surface area contributed by atoms with Crippen LogP contribution in [-0.2, 0) is 0 Å². The predicted molar refractivity (Wildman–Crippen MR) is 77.8 cm³/mol. The van der Waals surface area contributed by atoms with Gasteiger partial charge in [0.25, 0.3) is 5.24 Å². The number of halogens is 2. The van der Waals surface area contributed by atoms with Crippen LogP contribution >= 0.6 is 11.6 Å². The van der Waals surface area contributed by atoms with E-state index in [0.717, 1.165) is 0 Å². The van der Waals surface area contributed by atoms with E-state index in [1.54, 1.807) is 18.3 Å². The maximum atomic E-state index is 12.9. The summed E-state index contributed by atoms with van der Waals surface area (Å²) in [5, 5.41) is 3.38. The van der Waals surface area contributed by atoms with Gasteiger partial charge in [-0.15, -0.1) is 0 Å². The van der Waals surface area contributed by atoms with Crippen molar-refractivity contribution in [3.05, 3.63) is 42.0 Å². The van der Waals surface area contributed by atoms with Gasteiger partial charge in [0, 0.05) is 6.54 Å². The zero-order valence-electron chi connectivity index (χ0n) is 11.7. The van der Waals surface area contributed by atoms with Gasteiger partial charge in [0.2, 0.25) is 0 Å². The molecular formula is C14H15ClFN3O2. The minimum Gasteiger partial charge on any atom is -0.488 e. The zero-order valence-corrected chi connectivity index (χ0v) is 12.5. The number of likely N-dealkylation sites (N-methyl/N-ethyl adjacent to an activating group) is 1. The van der Waals surface area contributed by atoms with Crippen LogP contribution in [0.5, 0.6) is 5.75 Å². The quantitative estimate of drug-likeness (QED) is 0.768. The van der Waals surface area contributed by atoms with E-state index < -0.39 is 5.24 Å². The van der Waals surface area contributed by atoms with E-state index in [1.807, 2.05) is 19.0 Å². The van der Waals surface area contributed by atoms with Crippen LogP contribution in [0, 0.1) is 5.82 Å². The molecule has 0 aliphatic carbocycles. The number of carbonyl (C=O) groups excluding carboxylic acids is 1. The summed E-state index contributed by atoms with van der Waals surface area (Å²) in [4.78, 5) is 13.4. The Morgan fingerprint density at radius 2 is 2.05 bits per heavy atom. The Labute approximate surface area is 126 Å². The second-order valence-electron chi connectivity index (χ2n) is 4.69. The van der Waals surface area contributed by atoms with Gasteiger partial charge in [0.05, 0.1) is 11.9 Å². The molecule has 2 rings (SSSR count). The van der Waals surface area contributed by atoms with Gasteiger partial charge < -0.3 is 9.64 Å². The first-order chi connectivity index (χ1) is 9.97. The topological polar surface area (TPSA) is 47.4 Å². The van der Waals surface area contributed by atoms with Gasteiger partial charge in [-0.2, -0.15) is 5.10 Å².